The number of aliphatic carboxylic acids is 1. The quantitative estimate of drug-likeness (QED) is 0.211. The van der Waals surface area contributed by atoms with E-state index in [1.54, 1.807) is 4.72 Å². The highest BCUT2D eigenvalue weighted by Crippen LogP contribution is 2.31. The van der Waals surface area contributed by atoms with E-state index >= 15 is 0 Å². The van der Waals surface area contributed by atoms with E-state index in [1.165, 1.54) is 6.92 Å². The van der Waals surface area contributed by atoms with Gasteiger partial charge in [0.2, 0.25) is 12.0 Å². The van der Waals surface area contributed by atoms with E-state index < -0.39 is 77.6 Å². The standard InChI is InChI=1S/C13H21NO12S/c1-4-8(14-27(21,22)23)12(20)24-7(3-15)10(4)26-13-9(17)5(16)2-6(25-13)11(18)19/h2,4-5,7-10,12-17,20H,3H2,1H3,(H,18,19)(H,21,22,23)/t4-,5+,7?,8?,9?,10+,12?,13+/m1/s1. The van der Waals surface area contributed by atoms with Crippen LogP contribution in [-0.2, 0) is 29.3 Å². The molecule has 2 heterocycles. The second kappa shape index (κ2) is 8.34. The van der Waals surface area contributed by atoms with E-state index in [1.807, 2.05) is 0 Å². The third-order valence-electron chi connectivity index (χ3n) is 4.23. The molecule has 0 spiro atoms. The van der Waals surface area contributed by atoms with Crippen LogP contribution >= 0.6 is 0 Å². The first kappa shape index (κ1) is 21.9. The highest BCUT2D eigenvalue weighted by atomic mass is 32.2. The van der Waals surface area contributed by atoms with E-state index in [-0.39, 0.29) is 0 Å². The molecule has 0 bridgehead atoms. The van der Waals surface area contributed by atoms with Gasteiger partial charge in [-0.25, -0.2) is 4.79 Å². The summed E-state index contributed by atoms with van der Waals surface area (Å²) in [6.07, 6.45) is -8.42. The van der Waals surface area contributed by atoms with Gasteiger partial charge in [-0.15, -0.1) is 0 Å². The molecule has 0 aromatic rings. The van der Waals surface area contributed by atoms with Crippen molar-refractivity contribution in [2.75, 3.05) is 6.61 Å². The summed E-state index contributed by atoms with van der Waals surface area (Å²) in [6, 6.07) is -1.40. The lowest BCUT2D eigenvalue weighted by molar-refractivity contribution is -0.295. The summed E-state index contributed by atoms with van der Waals surface area (Å²) in [7, 11) is -4.73. The van der Waals surface area contributed by atoms with Crippen molar-refractivity contribution < 1.29 is 57.5 Å². The summed E-state index contributed by atoms with van der Waals surface area (Å²) in [4.78, 5) is 11.0. The Hall–Kier alpha value is -1.36. The Balaban J connectivity index is 2.23. The lowest BCUT2D eigenvalue weighted by Gasteiger charge is -2.44. The average Bonchev–Trinajstić information content (AvgIpc) is 2.56. The molecule has 0 amide bonds. The molecule has 4 unspecified atom stereocenters. The fraction of sp³-hybridized carbons (Fsp3) is 0.769. The molecule has 1 saturated heterocycles. The van der Waals surface area contributed by atoms with Gasteiger partial charge in [-0.1, -0.05) is 6.92 Å². The van der Waals surface area contributed by atoms with Crippen LogP contribution in [0, 0.1) is 5.92 Å². The summed E-state index contributed by atoms with van der Waals surface area (Å²) in [6.45, 7) is 0.707. The molecular formula is C13H21NO12S. The third-order valence-corrected chi connectivity index (χ3v) is 4.80. The number of nitrogens with one attached hydrogen (secondary N) is 1. The van der Waals surface area contributed by atoms with Gasteiger partial charge in [-0.05, 0) is 6.08 Å². The van der Waals surface area contributed by atoms with Crippen LogP contribution in [0.1, 0.15) is 6.92 Å². The number of hydrogen-bond acceptors (Lipinski definition) is 10. The van der Waals surface area contributed by atoms with E-state index in [4.69, 9.17) is 23.9 Å². The first-order valence-corrected chi connectivity index (χ1v) is 9.21. The Kier molecular flexibility index (Phi) is 6.77. The molecular weight excluding hydrogens is 394 g/mol. The fourth-order valence-corrected chi connectivity index (χ4v) is 3.55. The molecule has 8 atom stereocenters. The Morgan fingerprint density at radius 3 is 2.48 bits per heavy atom. The van der Waals surface area contributed by atoms with Crippen molar-refractivity contribution in [1.29, 1.82) is 0 Å². The number of aliphatic hydroxyl groups excluding tert-OH is 4. The van der Waals surface area contributed by atoms with E-state index in [0.717, 1.165) is 6.08 Å². The number of ether oxygens (including phenoxy) is 3. The van der Waals surface area contributed by atoms with Crippen LogP contribution in [0.2, 0.25) is 0 Å². The molecule has 2 aliphatic heterocycles. The minimum Gasteiger partial charge on any atom is -0.475 e. The first-order chi connectivity index (χ1) is 12.4. The van der Waals surface area contributed by atoms with Crippen molar-refractivity contribution in [2.24, 2.45) is 5.92 Å². The molecule has 1 fully saturated rings. The largest absolute Gasteiger partial charge is 0.475 e. The van der Waals surface area contributed by atoms with Crippen LogP contribution in [0.4, 0.5) is 0 Å². The van der Waals surface area contributed by atoms with Gasteiger partial charge in [0.1, 0.15) is 18.3 Å². The van der Waals surface area contributed by atoms with Crippen LogP contribution in [0.3, 0.4) is 0 Å². The lowest BCUT2D eigenvalue weighted by atomic mass is 9.89. The van der Waals surface area contributed by atoms with Crippen LogP contribution < -0.4 is 4.72 Å². The normalized spacial score (nSPS) is 40.1. The number of carboxylic acid groups (broad SMARTS) is 1. The monoisotopic (exact) mass is 415 g/mol. The fourth-order valence-electron chi connectivity index (χ4n) is 2.87. The minimum atomic E-state index is -4.73. The van der Waals surface area contributed by atoms with Crippen LogP contribution in [0.15, 0.2) is 11.8 Å². The van der Waals surface area contributed by atoms with Gasteiger partial charge in [0, 0.05) is 5.92 Å². The Morgan fingerprint density at radius 2 is 1.96 bits per heavy atom. The van der Waals surface area contributed by atoms with Gasteiger partial charge in [-0.3, -0.25) is 4.55 Å². The molecule has 2 aliphatic rings. The summed E-state index contributed by atoms with van der Waals surface area (Å²) < 4.78 is 48.3. The number of aliphatic hydroxyl groups is 4. The molecule has 0 aromatic carbocycles. The van der Waals surface area contributed by atoms with E-state index in [9.17, 15) is 33.6 Å². The number of carboxylic acids is 1. The van der Waals surface area contributed by atoms with Gasteiger partial charge in [-0.2, -0.15) is 13.1 Å². The van der Waals surface area contributed by atoms with Crippen LogP contribution in [-0.4, -0.2) is 94.1 Å². The zero-order valence-corrected chi connectivity index (χ0v) is 14.8. The zero-order valence-electron chi connectivity index (χ0n) is 13.9. The van der Waals surface area contributed by atoms with Crippen LogP contribution in [0.25, 0.3) is 0 Å². The smallest absolute Gasteiger partial charge is 0.371 e. The summed E-state index contributed by atoms with van der Waals surface area (Å²) in [5, 5.41) is 48.0. The molecule has 2 rings (SSSR count). The predicted octanol–water partition coefficient (Wildman–Crippen LogP) is -3.48. The van der Waals surface area contributed by atoms with Crippen molar-refractivity contribution >= 4 is 16.3 Å². The lowest BCUT2D eigenvalue weighted by Crippen LogP contribution is -2.62. The average molecular weight is 415 g/mol. The highest BCUT2D eigenvalue weighted by molar-refractivity contribution is 7.83. The van der Waals surface area contributed by atoms with Gasteiger partial charge >= 0.3 is 16.3 Å². The van der Waals surface area contributed by atoms with E-state index in [2.05, 4.69) is 0 Å². The number of rotatable bonds is 6. The molecule has 0 aromatic heterocycles. The summed E-state index contributed by atoms with van der Waals surface area (Å²) in [5.41, 5.74) is 0. The molecule has 7 N–H and O–H groups in total. The molecule has 27 heavy (non-hydrogen) atoms. The maximum Gasteiger partial charge on any atom is 0.371 e. The molecule has 0 radical (unpaired) electrons. The molecule has 14 heteroatoms. The van der Waals surface area contributed by atoms with Crippen molar-refractivity contribution in [2.45, 2.75) is 50.0 Å². The third kappa shape index (κ3) is 5.13. The van der Waals surface area contributed by atoms with Gasteiger partial charge < -0.3 is 39.7 Å². The SMILES string of the molecule is C[C@@H]1C(NS(=O)(=O)O)C(O)OC(CO)[C@H]1O[C@@H]1OC(C(=O)O)=C[C@H](O)C1O. The highest BCUT2D eigenvalue weighted by Gasteiger charge is 2.48. The molecule has 0 saturated carbocycles. The molecule has 156 valence electrons. The Labute approximate surface area is 153 Å². The number of hydrogen-bond donors (Lipinski definition) is 7. The Bertz CT molecular complexity index is 681. The van der Waals surface area contributed by atoms with Crippen molar-refractivity contribution in [3.63, 3.8) is 0 Å². The maximum atomic E-state index is 11.1. The summed E-state index contributed by atoms with van der Waals surface area (Å²) in [5.74, 6) is -3.15. The Morgan fingerprint density at radius 1 is 1.33 bits per heavy atom. The van der Waals surface area contributed by atoms with Crippen molar-refractivity contribution in [3.8, 4) is 0 Å². The van der Waals surface area contributed by atoms with Crippen molar-refractivity contribution in [1.82, 2.24) is 4.72 Å². The predicted molar refractivity (Wildman–Crippen MR) is 83.1 cm³/mol. The first-order valence-electron chi connectivity index (χ1n) is 7.77. The van der Waals surface area contributed by atoms with Gasteiger partial charge in [0.05, 0.1) is 18.8 Å². The summed E-state index contributed by atoms with van der Waals surface area (Å²) >= 11 is 0. The van der Waals surface area contributed by atoms with E-state index in [0.29, 0.717) is 0 Å². The van der Waals surface area contributed by atoms with Gasteiger partial charge in [0.15, 0.2) is 6.29 Å². The van der Waals surface area contributed by atoms with Gasteiger partial charge in [0.25, 0.3) is 0 Å². The zero-order chi connectivity index (χ0) is 20.5. The molecule has 0 aliphatic carbocycles. The van der Waals surface area contributed by atoms with Crippen LogP contribution in [0.5, 0.6) is 0 Å². The second-order valence-corrected chi connectivity index (χ2v) is 7.32. The molecule has 13 nitrogen and oxygen atoms in total. The second-order valence-electron chi connectivity index (χ2n) is 6.13. The number of carbonyl (C=O) groups is 1. The maximum absolute atomic E-state index is 11.1. The van der Waals surface area contributed by atoms with Crippen molar-refractivity contribution in [3.05, 3.63) is 11.8 Å². The topological polar surface area (TPSA) is 212 Å². The minimum absolute atomic E-state index is 0.683.